The van der Waals surface area contributed by atoms with Gasteiger partial charge in [0.2, 0.25) is 6.41 Å². The molecule has 0 aliphatic heterocycles. The summed E-state index contributed by atoms with van der Waals surface area (Å²) in [6.07, 6.45) is 0.303. The summed E-state index contributed by atoms with van der Waals surface area (Å²) in [5.41, 5.74) is -0.0214. The normalized spacial score (nSPS) is 11.0. The largest absolute Gasteiger partial charge is 0.327 e. The van der Waals surface area contributed by atoms with Crippen molar-refractivity contribution in [2.24, 2.45) is 0 Å². The van der Waals surface area contributed by atoms with E-state index >= 15 is 0 Å². The summed E-state index contributed by atoms with van der Waals surface area (Å²) in [5, 5.41) is 2.28. The summed E-state index contributed by atoms with van der Waals surface area (Å²) in [6, 6.07) is 3.71. The highest BCUT2D eigenvalue weighted by Gasteiger charge is 2.15. The number of anilines is 1. The fourth-order valence-electron chi connectivity index (χ4n) is 0.892. The molecule has 0 atom stereocenters. The van der Waals surface area contributed by atoms with Crippen molar-refractivity contribution in [2.45, 2.75) is 4.90 Å². The molecule has 0 aliphatic rings. The first-order valence-electron chi connectivity index (χ1n) is 3.42. The molecule has 0 aromatic heterocycles. The molecule has 0 unspecified atom stereocenters. The minimum atomic E-state index is -4.38. The molecule has 1 rings (SSSR count). The zero-order valence-electron chi connectivity index (χ0n) is 6.77. The summed E-state index contributed by atoms with van der Waals surface area (Å²) in [5.74, 6) is 0. The van der Waals surface area contributed by atoms with Gasteiger partial charge in [-0.25, -0.2) is 0 Å². The molecule has 14 heavy (non-hydrogen) atoms. The van der Waals surface area contributed by atoms with Crippen molar-refractivity contribution in [3.63, 3.8) is 0 Å². The van der Waals surface area contributed by atoms with Crippen molar-refractivity contribution in [3.05, 3.63) is 23.2 Å². The van der Waals surface area contributed by atoms with E-state index in [1.807, 2.05) is 0 Å². The van der Waals surface area contributed by atoms with E-state index in [1.54, 1.807) is 0 Å². The van der Waals surface area contributed by atoms with Gasteiger partial charge in [0.1, 0.15) is 4.90 Å². The predicted octanol–water partition coefficient (Wildman–Crippen LogP) is 1.16. The predicted molar refractivity (Wildman–Crippen MR) is 51.0 cm³/mol. The van der Waals surface area contributed by atoms with Gasteiger partial charge in [-0.2, -0.15) is 8.42 Å². The first-order valence-corrected chi connectivity index (χ1v) is 5.24. The highest BCUT2D eigenvalue weighted by atomic mass is 35.5. The van der Waals surface area contributed by atoms with Crippen LogP contribution in [0.2, 0.25) is 5.02 Å². The van der Waals surface area contributed by atoms with Crippen LogP contribution in [0.3, 0.4) is 0 Å². The Labute approximate surface area is 85.4 Å². The number of carbonyl (C=O) groups is 1. The minimum Gasteiger partial charge on any atom is -0.327 e. The van der Waals surface area contributed by atoms with E-state index in [2.05, 4.69) is 5.32 Å². The second-order valence-electron chi connectivity index (χ2n) is 2.38. The summed E-state index contributed by atoms with van der Waals surface area (Å²) in [4.78, 5) is 9.68. The first kappa shape index (κ1) is 11.0. The Morgan fingerprint density at radius 1 is 1.43 bits per heavy atom. The van der Waals surface area contributed by atoms with Crippen LogP contribution in [-0.2, 0) is 14.9 Å². The van der Waals surface area contributed by atoms with E-state index in [-0.39, 0.29) is 10.7 Å². The van der Waals surface area contributed by atoms with Gasteiger partial charge in [0.25, 0.3) is 10.1 Å². The molecule has 0 fully saturated rings. The number of rotatable bonds is 3. The summed E-state index contributed by atoms with van der Waals surface area (Å²) < 4.78 is 30.4. The highest BCUT2D eigenvalue weighted by Crippen LogP contribution is 2.24. The maximum absolute atomic E-state index is 10.8. The Balaban J connectivity index is 3.37. The molecule has 76 valence electrons. The lowest BCUT2D eigenvalue weighted by Crippen LogP contribution is -2.04. The topological polar surface area (TPSA) is 83.5 Å². The Morgan fingerprint density at radius 2 is 2.07 bits per heavy atom. The fourth-order valence-corrected chi connectivity index (χ4v) is 1.81. The molecule has 0 aliphatic carbocycles. The average Bonchev–Trinajstić information content (AvgIpc) is 2.07. The molecule has 7 heteroatoms. The van der Waals surface area contributed by atoms with Crippen LogP contribution < -0.4 is 5.32 Å². The van der Waals surface area contributed by atoms with E-state index in [4.69, 9.17) is 16.2 Å². The lowest BCUT2D eigenvalue weighted by Gasteiger charge is -2.05. The molecule has 1 amide bonds. The molecule has 1 aromatic rings. The number of benzene rings is 1. The standard InChI is InChI=1S/C7H6ClNO4S/c8-5-1-2-6(9-4-10)7(3-5)14(11,12)13/h1-4H,(H,9,10)(H,11,12,13). The molecular weight excluding hydrogens is 230 g/mol. The molecule has 0 saturated carbocycles. The van der Waals surface area contributed by atoms with Crippen LogP contribution in [0.25, 0.3) is 0 Å². The van der Waals surface area contributed by atoms with Gasteiger partial charge in [-0.05, 0) is 18.2 Å². The third-order valence-electron chi connectivity index (χ3n) is 1.44. The third kappa shape index (κ3) is 2.44. The van der Waals surface area contributed by atoms with E-state index in [0.717, 1.165) is 6.07 Å². The first-order chi connectivity index (χ1) is 6.45. The second-order valence-corrected chi connectivity index (χ2v) is 4.20. The van der Waals surface area contributed by atoms with Crippen molar-refractivity contribution in [2.75, 3.05) is 5.32 Å². The number of hydrogen-bond acceptors (Lipinski definition) is 3. The summed E-state index contributed by atoms with van der Waals surface area (Å²) >= 11 is 5.53. The van der Waals surface area contributed by atoms with Crippen molar-refractivity contribution < 1.29 is 17.8 Å². The summed E-state index contributed by atoms with van der Waals surface area (Å²) in [6.45, 7) is 0. The van der Waals surface area contributed by atoms with Crippen molar-refractivity contribution >= 4 is 33.8 Å². The molecule has 2 N–H and O–H groups in total. The van der Waals surface area contributed by atoms with E-state index < -0.39 is 15.0 Å². The minimum absolute atomic E-state index is 0.0214. The number of halogens is 1. The number of hydrogen-bond donors (Lipinski definition) is 2. The lowest BCUT2D eigenvalue weighted by molar-refractivity contribution is -0.105. The summed E-state index contributed by atoms with van der Waals surface area (Å²) in [7, 11) is -4.38. The van der Waals surface area contributed by atoms with Gasteiger partial charge in [-0.3, -0.25) is 9.35 Å². The maximum Gasteiger partial charge on any atom is 0.296 e. The molecule has 0 radical (unpaired) electrons. The lowest BCUT2D eigenvalue weighted by atomic mass is 10.3. The van der Waals surface area contributed by atoms with Crippen LogP contribution in [0.5, 0.6) is 0 Å². The number of amides is 1. The van der Waals surface area contributed by atoms with Gasteiger partial charge >= 0.3 is 0 Å². The Hall–Kier alpha value is -1.11. The van der Waals surface area contributed by atoms with Crippen LogP contribution in [-0.4, -0.2) is 19.4 Å². The molecule has 0 saturated heterocycles. The van der Waals surface area contributed by atoms with Crippen LogP contribution in [0.1, 0.15) is 0 Å². The van der Waals surface area contributed by atoms with Crippen LogP contribution in [0.4, 0.5) is 5.69 Å². The maximum atomic E-state index is 10.8. The van der Waals surface area contributed by atoms with Crippen molar-refractivity contribution in [3.8, 4) is 0 Å². The zero-order chi connectivity index (χ0) is 10.8. The molecule has 1 aromatic carbocycles. The molecule has 0 bridgehead atoms. The SMILES string of the molecule is O=CNc1ccc(Cl)cc1S(=O)(=O)O. The fraction of sp³-hybridized carbons (Fsp3) is 0. The Morgan fingerprint density at radius 3 is 2.57 bits per heavy atom. The van der Waals surface area contributed by atoms with E-state index in [1.165, 1.54) is 12.1 Å². The molecular formula is C7H6ClNO4S. The van der Waals surface area contributed by atoms with Crippen molar-refractivity contribution in [1.82, 2.24) is 0 Å². The van der Waals surface area contributed by atoms with E-state index in [9.17, 15) is 13.2 Å². The number of carbonyl (C=O) groups excluding carboxylic acids is 1. The van der Waals surface area contributed by atoms with Crippen LogP contribution in [0.15, 0.2) is 23.1 Å². The van der Waals surface area contributed by atoms with Gasteiger partial charge < -0.3 is 5.32 Å². The van der Waals surface area contributed by atoms with Crippen LogP contribution in [0, 0.1) is 0 Å². The molecule has 0 spiro atoms. The molecule has 5 nitrogen and oxygen atoms in total. The zero-order valence-corrected chi connectivity index (χ0v) is 8.34. The number of nitrogens with one attached hydrogen (secondary N) is 1. The quantitative estimate of drug-likeness (QED) is 0.608. The van der Waals surface area contributed by atoms with Gasteiger partial charge in [-0.15, -0.1) is 0 Å². The van der Waals surface area contributed by atoms with Gasteiger partial charge in [0.05, 0.1) is 5.69 Å². The average molecular weight is 236 g/mol. The highest BCUT2D eigenvalue weighted by molar-refractivity contribution is 7.86. The van der Waals surface area contributed by atoms with Gasteiger partial charge in [0.15, 0.2) is 0 Å². The second kappa shape index (κ2) is 3.95. The Bertz CT molecular complexity index is 457. The van der Waals surface area contributed by atoms with Gasteiger partial charge in [0, 0.05) is 5.02 Å². The van der Waals surface area contributed by atoms with E-state index in [0.29, 0.717) is 6.41 Å². The molecule has 0 heterocycles. The van der Waals surface area contributed by atoms with Crippen molar-refractivity contribution in [1.29, 1.82) is 0 Å². The smallest absolute Gasteiger partial charge is 0.296 e. The van der Waals surface area contributed by atoms with Crippen LogP contribution >= 0.6 is 11.6 Å². The third-order valence-corrected chi connectivity index (χ3v) is 2.56. The Kier molecular flexibility index (Phi) is 3.10. The monoisotopic (exact) mass is 235 g/mol. The van der Waals surface area contributed by atoms with Gasteiger partial charge in [-0.1, -0.05) is 11.6 Å².